The van der Waals surface area contributed by atoms with Gasteiger partial charge < -0.3 is 9.84 Å². The molecular formula is C16H13ClN4O3. The number of hydrogen-bond acceptors (Lipinski definition) is 6. The van der Waals surface area contributed by atoms with Gasteiger partial charge in [0.2, 0.25) is 11.7 Å². The van der Waals surface area contributed by atoms with Gasteiger partial charge in [0.1, 0.15) is 5.02 Å². The molecule has 1 heterocycles. The quantitative estimate of drug-likeness (QED) is 0.550. The highest BCUT2D eigenvalue weighted by Gasteiger charge is 2.13. The van der Waals surface area contributed by atoms with Gasteiger partial charge in [0.05, 0.1) is 11.5 Å². The topological polar surface area (TPSA) is 94.1 Å². The summed E-state index contributed by atoms with van der Waals surface area (Å²) >= 11 is 5.78. The van der Waals surface area contributed by atoms with Crippen molar-refractivity contribution in [3.63, 3.8) is 0 Å². The zero-order valence-electron chi connectivity index (χ0n) is 12.7. The van der Waals surface area contributed by atoms with Crippen molar-refractivity contribution in [1.29, 1.82) is 0 Å². The van der Waals surface area contributed by atoms with Crippen LogP contribution in [-0.2, 0) is 6.54 Å². The molecule has 0 aliphatic carbocycles. The zero-order chi connectivity index (χ0) is 17.1. The van der Waals surface area contributed by atoms with Crippen molar-refractivity contribution in [2.75, 3.05) is 5.32 Å². The molecule has 2 aromatic carbocycles. The van der Waals surface area contributed by atoms with E-state index in [4.69, 9.17) is 16.1 Å². The Morgan fingerprint density at radius 2 is 2.00 bits per heavy atom. The molecule has 7 nitrogen and oxygen atoms in total. The highest BCUT2D eigenvalue weighted by Crippen LogP contribution is 2.27. The number of nitro benzene ring substituents is 1. The predicted octanol–water partition coefficient (Wildman–Crippen LogP) is 4.22. The number of aromatic nitrogens is 2. The Morgan fingerprint density at radius 1 is 1.25 bits per heavy atom. The Labute approximate surface area is 142 Å². The normalized spacial score (nSPS) is 10.6. The minimum Gasteiger partial charge on any atom is -0.376 e. The summed E-state index contributed by atoms with van der Waals surface area (Å²) in [5.41, 5.74) is 2.39. The Kier molecular flexibility index (Phi) is 4.43. The minimum atomic E-state index is -0.532. The third-order valence-electron chi connectivity index (χ3n) is 3.36. The molecule has 8 heteroatoms. The molecule has 1 N–H and O–H groups in total. The van der Waals surface area contributed by atoms with Crippen LogP contribution in [0, 0.1) is 17.0 Å². The fourth-order valence-corrected chi connectivity index (χ4v) is 2.27. The molecule has 0 bridgehead atoms. The molecule has 1 aromatic heterocycles. The standard InChI is InChI=1S/C16H13ClN4O3/c1-10-2-4-11(5-3-10)16-19-15(24-20-16)9-18-12-6-7-13(17)14(8-12)21(22)23/h2-8,18H,9H2,1H3. The van der Waals surface area contributed by atoms with Gasteiger partial charge in [-0.2, -0.15) is 4.98 Å². The van der Waals surface area contributed by atoms with E-state index in [1.54, 1.807) is 6.07 Å². The summed E-state index contributed by atoms with van der Waals surface area (Å²) in [4.78, 5) is 14.7. The number of nitrogens with one attached hydrogen (secondary N) is 1. The first kappa shape index (κ1) is 15.9. The molecule has 0 atom stereocenters. The van der Waals surface area contributed by atoms with Gasteiger partial charge in [-0.3, -0.25) is 10.1 Å². The van der Waals surface area contributed by atoms with Crippen LogP contribution in [0.4, 0.5) is 11.4 Å². The predicted molar refractivity (Wildman–Crippen MR) is 89.9 cm³/mol. The fraction of sp³-hybridized carbons (Fsp3) is 0.125. The fourth-order valence-electron chi connectivity index (χ4n) is 2.09. The summed E-state index contributed by atoms with van der Waals surface area (Å²) < 4.78 is 5.19. The van der Waals surface area contributed by atoms with Crippen molar-refractivity contribution in [3.05, 3.63) is 69.1 Å². The number of aryl methyl sites for hydroxylation is 1. The summed E-state index contributed by atoms with van der Waals surface area (Å²) in [6.45, 7) is 2.25. The summed E-state index contributed by atoms with van der Waals surface area (Å²) in [7, 11) is 0. The highest BCUT2D eigenvalue weighted by atomic mass is 35.5. The van der Waals surface area contributed by atoms with Gasteiger partial charge in [-0.05, 0) is 19.1 Å². The summed E-state index contributed by atoms with van der Waals surface area (Å²) in [6, 6.07) is 12.2. The van der Waals surface area contributed by atoms with Crippen molar-refractivity contribution in [2.45, 2.75) is 13.5 Å². The average molecular weight is 345 g/mol. The second kappa shape index (κ2) is 6.67. The lowest BCUT2D eigenvalue weighted by Crippen LogP contribution is -2.00. The molecular weight excluding hydrogens is 332 g/mol. The number of anilines is 1. The van der Waals surface area contributed by atoms with Crippen molar-refractivity contribution in [2.24, 2.45) is 0 Å². The first-order chi connectivity index (χ1) is 11.5. The molecule has 24 heavy (non-hydrogen) atoms. The lowest BCUT2D eigenvalue weighted by Gasteiger charge is -2.03. The number of halogens is 1. The Balaban J connectivity index is 1.71. The van der Waals surface area contributed by atoms with E-state index in [-0.39, 0.29) is 17.3 Å². The molecule has 0 saturated carbocycles. The van der Waals surface area contributed by atoms with Crippen molar-refractivity contribution < 1.29 is 9.45 Å². The second-order valence-electron chi connectivity index (χ2n) is 5.15. The Morgan fingerprint density at radius 3 is 2.71 bits per heavy atom. The van der Waals surface area contributed by atoms with Gasteiger partial charge in [0, 0.05) is 17.3 Å². The maximum atomic E-state index is 10.9. The van der Waals surface area contributed by atoms with Crippen molar-refractivity contribution in [3.8, 4) is 11.4 Å². The third-order valence-corrected chi connectivity index (χ3v) is 3.68. The van der Waals surface area contributed by atoms with Crippen LogP contribution in [0.15, 0.2) is 47.0 Å². The Hall–Kier alpha value is -2.93. The minimum absolute atomic E-state index is 0.0880. The van der Waals surface area contributed by atoms with E-state index in [0.29, 0.717) is 17.4 Å². The van der Waals surface area contributed by atoms with Crippen LogP contribution in [0.1, 0.15) is 11.5 Å². The van der Waals surface area contributed by atoms with Crippen LogP contribution in [0.5, 0.6) is 0 Å². The van der Waals surface area contributed by atoms with E-state index in [9.17, 15) is 10.1 Å². The first-order valence-electron chi connectivity index (χ1n) is 7.10. The van der Waals surface area contributed by atoms with Gasteiger partial charge in [-0.25, -0.2) is 0 Å². The molecule has 122 valence electrons. The van der Waals surface area contributed by atoms with E-state index < -0.39 is 4.92 Å². The molecule has 0 amide bonds. The smallest absolute Gasteiger partial charge is 0.289 e. The van der Waals surface area contributed by atoms with Crippen LogP contribution < -0.4 is 5.32 Å². The second-order valence-corrected chi connectivity index (χ2v) is 5.56. The van der Waals surface area contributed by atoms with E-state index in [1.807, 2.05) is 31.2 Å². The van der Waals surface area contributed by atoms with Gasteiger partial charge in [-0.15, -0.1) is 0 Å². The molecule has 3 aromatic rings. The lowest BCUT2D eigenvalue weighted by atomic mass is 10.1. The zero-order valence-corrected chi connectivity index (χ0v) is 13.4. The number of nitro groups is 1. The molecule has 0 aliphatic rings. The molecule has 0 radical (unpaired) electrons. The van der Waals surface area contributed by atoms with E-state index in [2.05, 4.69) is 15.5 Å². The number of nitrogens with zero attached hydrogens (tertiary/aromatic N) is 3. The third kappa shape index (κ3) is 3.52. The summed E-state index contributed by atoms with van der Waals surface area (Å²) in [5.74, 6) is 0.872. The lowest BCUT2D eigenvalue weighted by molar-refractivity contribution is -0.384. The summed E-state index contributed by atoms with van der Waals surface area (Å²) in [5, 5.41) is 17.9. The maximum absolute atomic E-state index is 10.9. The maximum Gasteiger partial charge on any atom is 0.289 e. The van der Waals surface area contributed by atoms with E-state index >= 15 is 0 Å². The van der Waals surface area contributed by atoms with Gasteiger partial charge >= 0.3 is 0 Å². The molecule has 0 fully saturated rings. The largest absolute Gasteiger partial charge is 0.376 e. The van der Waals surface area contributed by atoms with Crippen LogP contribution >= 0.6 is 11.6 Å². The summed E-state index contributed by atoms with van der Waals surface area (Å²) in [6.07, 6.45) is 0. The molecule has 0 spiro atoms. The van der Waals surface area contributed by atoms with Gasteiger partial charge in [0.25, 0.3) is 5.69 Å². The van der Waals surface area contributed by atoms with Crippen LogP contribution in [0.25, 0.3) is 11.4 Å². The Bertz CT molecular complexity index is 877. The van der Waals surface area contributed by atoms with Crippen molar-refractivity contribution >= 4 is 23.0 Å². The molecule has 0 unspecified atom stereocenters. The van der Waals surface area contributed by atoms with Crippen LogP contribution in [0.3, 0.4) is 0 Å². The monoisotopic (exact) mass is 344 g/mol. The highest BCUT2D eigenvalue weighted by molar-refractivity contribution is 6.32. The molecule has 0 saturated heterocycles. The van der Waals surface area contributed by atoms with E-state index in [1.165, 1.54) is 12.1 Å². The SMILES string of the molecule is Cc1ccc(-c2noc(CNc3ccc(Cl)c([N+](=O)[O-])c3)n2)cc1. The van der Waals surface area contributed by atoms with E-state index in [0.717, 1.165) is 11.1 Å². The first-order valence-corrected chi connectivity index (χ1v) is 7.48. The van der Waals surface area contributed by atoms with Gasteiger partial charge in [0.15, 0.2) is 0 Å². The van der Waals surface area contributed by atoms with Crippen LogP contribution in [0.2, 0.25) is 5.02 Å². The number of hydrogen-bond donors (Lipinski definition) is 1. The molecule has 0 aliphatic heterocycles. The molecule has 3 rings (SSSR count). The number of rotatable bonds is 5. The van der Waals surface area contributed by atoms with Crippen LogP contribution in [-0.4, -0.2) is 15.1 Å². The average Bonchev–Trinajstić information content (AvgIpc) is 3.03. The van der Waals surface area contributed by atoms with Crippen molar-refractivity contribution in [1.82, 2.24) is 10.1 Å². The van der Waals surface area contributed by atoms with Gasteiger partial charge in [-0.1, -0.05) is 46.6 Å². The number of benzene rings is 2.